The SMILES string of the molecule is OC[C@@H]1C=C[C@H](c2c(Cl)nc3cc(Cl)c(Cl)cn23)O1. The molecule has 7 heteroatoms. The largest absolute Gasteiger partial charge is 0.393 e. The molecule has 19 heavy (non-hydrogen) atoms. The maximum absolute atomic E-state index is 9.07. The van der Waals surface area contributed by atoms with E-state index in [1.54, 1.807) is 22.7 Å². The van der Waals surface area contributed by atoms with Crippen LogP contribution in [0.25, 0.3) is 5.65 Å². The molecule has 0 spiro atoms. The lowest BCUT2D eigenvalue weighted by Crippen LogP contribution is -2.12. The van der Waals surface area contributed by atoms with Crippen LogP contribution in [0, 0.1) is 0 Å². The van der Waals surface area contributed by atoms with Gasteiger partial charge in [-0.25, -0.2) is 4.98 Å². The summed E-state index contributed by atoms with van der Waals surface area (Å²) in [6.45, 7) is -0.0755. The van der Waals surface area contributed by atoms with Crippen LogP contribution in [0.2, 0.25) is 15.2 Å². The summed E-state index contributed by atoms with van der Waals surface area (Å²) in [5.41, 5.74) is 1.27. The number of aromatic nitrogens is 2. The number of aliphatic hydroxyl groups excluding tert-OH is 1. The molecule has 0 unspecified atom stereocenters. The van der Waals surface area contributed by atoms with Crippen LogP contribution in [0.5, 0.6) is 0 Å². The minimum absolute atomic E-state index is 0.0755. The summed E-state index contributed by atoms with van der Waals surface area (Å²) in [6, 6.07) is 1.64. The highest BCUT2D eigenvalue weighted by Gasteiger charge is 2.26. The van der Waals surface area contributed by atoms with Crippen LogP contribution in [0.1, 0.15) is 11.8 Å². The number of imidazole rings is 1. The fourth-order valence-corrected chi connectivity index (χ4v) is 2.63. The van der Waals surface area contributed by atoms with E-state index >= 15 is 0 Å². The van der Waals surface area contributed by atoms with E-state index in [4.69, 9.17) is 44.6 Å². The molecule has 2 aromatic heterocycles. The number of aliphatic hydroxyl groups is 1. The maximum atomic E-state index is 9.07. The Kier molecular flexibility index (Phi) is 3.45. The zero-order chi connectivity index (χ0) is 13.6. The summed E-state index contributed by atoms with van der Waals surface area (Å²) < 4.78 is 7.37. The molecule has 0 aliphatic carbocycles. The van der Waals surface area contributed by atoms with Crippen molar-refractivity contribution in [3.8, 4) is 0 Å². The van der Waals surface area contributed by atoms with Gasteiger partial charge in [-0.1, -0.05) is 47.0 Å². The third kappa shape index (κ3) is 2.24. The highest BCUT2D eigenvalue weighted by Crippen LogP contribution is 2.34. The Morgan fingerprint density at radius 3 is 2.74 bits per heavy atom. The van der Waals surface area contributed by atoms with Crippen molar-refractivity contribution < 1.29 is 9.84 Å². The number of ether oxygens (including phenoxy) is 1. The molecule has 2 atom stereocenters. The van der Waals surface area contributed by atoms with Crippen LogP contribution in [-0.4, -0.2) is 27.2 Å². The molecule has 1 N–H and O–H groups in total. The van der Waals surface area contributed by atoms with Gasteiger partial charge in [0.05, 0.1) is 22.3 Å². The molecule has 0 amide bonds. The molecule has 3 rings (SSSR count). The molecule has 2 aromatic rings. The molecule has 1 aliphatic rings. The summed E-state index contributed by atoms with van der Waals surface area (Å²) in [6.07, 6.45) is 4.58. The van der Waals surface area contributed by atoms with E-state index < -0.39 is 0 Å². The van der Waals surface area contributed by atoms with Crippen molar-refractivity contribution in [1.29, 1.82) is 0 Å². The molecule has 100 valence electrons. The van der Waals surface area contributed by atoms with Gasteiger partial charge in [-0.05, 0) is 0 Å². The summed E-state index contributed by atoms with van der Waals surface area (Å²) in [7, 11) is 0. The van der Waals surface area contributed by atoms with Gasteiger partial charge in [0.2, 0.25) is 0 Å². The number of hydrogen-bond donors (Lipinski definition) is 1. The first-order valence-corrected chi connectivity index (χ1v) is 6.70. The van der Waals surface area contributed by atoms with Crippen molar-refractivity contribution in [2.75, 3.05) is 6.61 Å². The lowest BCUT2D eigenvalue weighted by molar-refractivity contribution is 0.0231. The van der Waals surface area contributed by atoms with Gasteiger partial charge >= 0.3 is 0 Å². The van der Waals surface area contributed by atoms with Crippen LogP contribution >= 0.6 is 34.8 Å². The summed E-state index contributed by atoms with van der Waals surface area (Å²) in [4.78, 5) is 4.22. The molecular formula is C12H9Cl3N2O2. The molecule has 0 saturated carbocycles. The second kappa shape index (κ2) is 4.96. The lowest BCUT2D eigenvalue weighted by atomic mass is 10.2. The fourth-order valence-electron chi connectivity index (χ4n) is 2.05. The lowest BCUT2D eigenvalue weighted by Gasteiger charge is -2.13. The molecule has 0 aromatic carbocycles. The predicted octanol–water partition coefficient (Wildman–Crippen LogP) is 3.28. The van der Waals surface area contributed by atoms with Gasteiger partial charge < -0.3 is 9.84 Å². The quantitative estimate of drug-likeness (QED) is 0.864. The minimum Gasteiger partial charge on any atom is -0.393 e. The van der Waals surface area contributed by atoms with Gasteiger partial charge in [-0.15, -0.1) is 0 Å². The average molecular weight is 320 g/mol. The Morgan fingerprint density at radius 1 is 1.26 bits per heavy atom. The van der Waals surface area contributed by atoms with Crippen molar-refractivity contribution >= 4 is 40.4 Å². The summed E-state index contributed by atoms with van der Waals surface area (Å²) >= 11 is 18.1. The number of pyridine rings is 1. The number of nitrogens with zero attached hydrogens (tertiary/aromatic N) is 2. The van der Waals surface area contributed by atoms with E-state index in [-0.39, 0.29) is 18.8 Å². The van der Waals surface area contributed by atoms with Gasteiger partial charge in [-0.3, -0.25) is 4.40 Å². The summed E-state index contributed by atoms with van der Waals surface area (Å²) in [5.74, 6) is 0. The predicted molar refractivity (Wildman–Crippen MR) is 74.1 cm³/mol. The second-order valence-electron chi connectivity index (χ2n) is 4.15. The molecule has 1 aliphatic heterocycles. The fraction of sp³-hybridized carbons (Fsp3) is 0.250. The van der Waals surface area contributed by atoms with Crippen molar-refractivity contribution in [3.05, 3.63) is 45.3 Å². The van der Waals surface area contributed by atoms with Crippen molar-refractivity contribution in [1.82, 2.24) is 9.38 Å². The van der Waals surface area contributed by atoms with E-state index in [0.717, 1.165) is 0 Å². The van der Waals surface area contributed by atoms with Crippen molar-refractivity contribution in [2.24, 2.45) is 0 Å². The van der Waals surface area contributed by atoms with Crippen LogP contribution in [-0.2, 0) is 4.74 Å². The third-order valence-electron chi connectivity index (χ3n) is 2.93. The van der Waals surface area contributed by atoms with Gasteiger partial charge in [-0.2, -0.15) is 0 Å². The first kappa shape index (κ1) is 13.2. The van der Waals surface area contributed by atoms with Crippen LogP contribution in [0.4, 0.5) is 0 Å². The Bertz CT molecular complexity index is 669. The summed E-state index contributed by atoms with van der Waals surface area (Å²) in [5, 5.41) is 10.2. The van der Waals surface area contributed by atoms with Crippen molar-refractivity contribution in [2.45, 2.75) is 12.2 Å². The number of rotatable bonds is 2. The smallest absolute Gasteiger partial charge is 0.154 e. The zero-order valence-corrected chi connectivity index (χ0v) is 11.8. The van der Waals surface area contributed by atoms with Gasteiger partial charge in [0, 0.05) is 12.3 Å². The van der Waals surface area contributed by atoms with E-state index in [1.165, 1.54) is 0 Å². The molecule has 0 bridgehead atoms. The Morgan fingerprint density at radius 2 is 2.05 bits per heavy atom. The standard InChI is InChI=1S/C12H9Cl3N2O2/c13-7-3-10-16-12(15)11(17(10)4-8(7)14)9-2-1-6(5-18)19-9/h1-4,6,9,18H,5H2/t6-,9+/m0/s1. The van der Waals surface area contributed by atoms with Crippen molar-refractivity contribution in [3.63, 3.8) is 0 Å². The monoisotopic (exact) mass is 318 g/mol. The van der Waals surface area contributed by atoms with Gasteiger partial charge in [0.25, 0.3) is 0 Å². The maximum Gasteiger partial charge on any atom is 0.154 e. The highest BCUT2D eigenvalue weighted by molar-refractivity contribution is 6.42. The highest BCUT2D eigenvalue weighted by atomic mass is 35.5. The topological polar surface area (TPSA) is 46.8 Å². The van der Waals surface area contributed by atoms with Crippen LogP contribution < -0.4 is 0 Å². The average Bonchev–Trinajstić information content (AvgIpc) is 2.94. The molecule has 0 saturated heterocycles. The number of hydrogen-bond acceptors (Lipinski definition) is 3. The Hall–Kier alpha value is -0.780. The number of halogens is 3. The minimum atomic E-state index is -0.364. The second-order valence-corrected chi connectivity index (χ2v) is 5.32. The van der Waals surface area contributed by atoms with Gasteiger partial charge in [0.1, 0.15) is 17.9 Å². The molecule has 3 heterocycles. The zero-order valence-electron chi connectivity index (χ0n) is 9.55. The van der Waals surface area contributed by atoms with Gasteiger partial charge in [0.15, 0.2) is 5.15 Å². The Balaban J connectivity index is 2.11. The normalized spacial score (nSPS) is 22.5. The molecular weight excluding hydrogens is 311 g/mol. The first-order chi connectivity index (χ1) is 9.10. The van der Waals surface area contributed by atoms with Crippen LogP contribution in [0.15, 0.2) is 24.4 Å². The third-order valence-corrected chi connectivity index (χ3v) is 3.92. The Labute approximate surface area is 124 Å². The first-order valence-electron chi connectivity index (χ1n) is 5.57. The van der Waals surface area contributed by atoms with E-state index in [0.29, 0.717) is 26.5 Å². The molecule has 4 nitrogen and oxygen atoms in total. The molecule has 0 radical (unpaired) electrons. The number of fused-ring (bicyclic) bond motifs is 1. The molecule has 0 fully saturated rings. The van der Waals surface area contributed by atoms with E-state index in [2.05, 4.69) is 4.98 Å². The van der Waals surface area contributed by atoms with Crippen LogP contribution in [0.3, 0.4) is 0 Å². The van der Waals surface area contributed by atoms with E-state index in [9.17, 15) is 0 Å². The van der Waals surface area contributed by atoms with E-state index in [1.807, 2.05) is 6.08 Å².